The van der Waals surface area contributed by atoms with Gasteiger partial charge < -0.3 is 14.5 Å². The monoisotopic (exact) mass is 454 g/mol. The van der Waals surface area contributed by atoms with Crippen LogP contribution in [0.4, 0.5) is 0 Å². The molecule has 0 radical (unpaired) electrons. The molecule has 5 nitrogen and oxygen atoms in total. The molecule has 2 amide bonds. The van der Waals surface area contributed by atoms with Gasteiger partial charge in [-0.15, -0.1) is 0 Å². The second-order valence-corrected chi connectivity index (χ2v) is 9.45. The van der Waals surface area contributed by atoms with Crippen LogP contribution in [-0.4, -0.2) is 54.9 Å². The summed E-state index contributed by atoms with van der Waals surface area (Å²) in [5.41, 5.74) is 1.26. The lowest BCUT2D eigenvalue weighted by molar-refractivity contribution is -0.144. The van der Waals surface area contributed by atoms with Gasteiger partial charge in [0.2, 0.25) is 5.91 Å². The highest BCUT2D eigenvalue weighted by atomic mass is 35.5. The molecule has 1 unspecified atom stereocenters. The van der Waals surface area contributed by atoms with Crippen LogP contribution in [-0.2, 0) is 11.2 Å². The van der Waals surface area contributed by atoms with Gasteiger partial charge >= 0.3 is 0 Å². The first-order valence-electron chi connectivity index (χ1n) is 11.5. The van der Waals surface area contributed by atoms with Crippen molar-refractivity contribution in [1.82, 2.24) is 9.80 Å². The molecule has 0 bridgehead atoms. The summed E-state index contributed by atoms with van der Waals surface area (Å²) in [6, 6.07) is 15.2. The summed E-state index contributed by atoms with van der Waals surface area (Å²) in [7, 11) is 1.85. The van der Waals surface area contributed by atoms with Gasteiger partial charge in [0.1, 0.15) is 12.4 Å². The number of carbonyl (C=O) groups is 2. The summed E-state index contributed by atoms with van der Waals surface area (Å²) >= 11 is 6.11. The van der Waals surface area contributed by atoms with E-state index in [0.29, 0.717) is 36.8 Å². The van der Waals surface area contributed by atoms with Crippen molar-refractivity contribution >= 4 is 23.4 Å². The molecule has 2 aliphatic rings. The van der Waals surface area contributed by atoms with Crippen LogP contribution in [0.3, 0.4) is 0 Å². The van der Waals surface area contributed by atoms with E-state index in [4.69, 9.17) is 16.3 Å². The first-order chi connectivity index (χ1) is 15.5. The summed E-state index contributed by atoms with van der Waals surface area (Å²) in [6.45, 7) is 2.11. The van der Waals surface area contributed by atoms with Gasteiger partial charge in [0.05, 0.1) is 12.0 Å². The predicted octanol–water partition coefficient (Wildman–Crippen LogP) is 4.83. The molecule has 170 valence electrons. The van der Waals surface area contributed by atoms with Crippen molar-refractivity contribution in [2.75, 3.05) is 33.3 Å². The predicted molar refractivity (Wildman–Crippen MR) is 126 cm³/mol. The summed E-state index contributed by atoms with van der Waals surface area (Å²) in [6.07, 6.45) is 5.28. The number of piperidine rings is 1. The van der Waals surface area contributed by atoms with E-state index in [1.54, 1.807) is 29.2 Å². The van der Waals surface area contributed by atoms with Crippen LogP contribution in [0, 0.1) is 5.41 Å². The maximum absolute atomic E-state index is 13.7. The normalized spacial score (nSPS) is 22.5. The molecule has 0 aromatic heterocycles. The summed E-state index contributed by atoms with van der Waals surface area (Å²) in [5.74, 6) is 0.989. The Labute approximate surface area is 195 Å². The number of ether oxygens (including phenoxy) is 1. The zero-order valence-corrected chi connectivity index (χ0v) is 19.4. The number of likely N-dealkylation sites (tertiary alicyclic amines) is 1. The number of carbonyl (C=O) groups excluding carboxylic acids is 2. The van der Waals surface area contributed by atoms with Crippen molar-refractivity contribution < 1.29 is 14.3 Å². The number of hydrogen-bond acceptors (Lipinski definition) is 3. The standard InChI is InChI=1S/C26H31ClN2O3/c1-28-16-17-32-23-12-3-2-8-20(23)9-4-5-13-26(25(28)31)14-7-15-29(19-26)24(30)21-10-6-11-22(27)18-21/h2-3,6,8,10-12,18H,4-5,7,9,13-17,19H2,1H3. The zero-order valence-electron chi connectivity index (χ0n) is 18.7. The van der Waals surface area contributed by atoms with Crippen LogP contribution >= 0.6 is 11.6 Å². The second-order valence-electron chi connectivity index (χ2n) is 9.01. The Bertz CT molecular complexity index is 979. The highest BCUT2D eigenvalue weighted by Crippen LogP contribution is 2.38. The molecular formula is C26H31ClN2O3. The van der Waals surface area contributed by atoms with E-state index in [1.807, 2.05) is 30.1 Å². The van der Waals surface area contributed by atoms with E-state index >= 15 is 0 Å². The third-order valence-electron chi connectivity index (χ3n) is 6.74. The fourth-order valence-corrected chi connectivity index (χ4v) is 5.21. The first kappa shape index (κ1) is 22.7. The number of para-hydroxylation sites is 1. The van der Waals surface area contributed by atoms with E-state index in [-0.39, 0.29) is 11.8 Å². The molecule has 2 aromatic rings. The number of benzene rings is 2. The molecule has 2 heterocycles. The molecule has 32 heavy (non-hydrogen) atoms. The van der Waals surface area contributed by atoms with Gasteiger partial charge in [0.15, 0.2) is 0 Å². The Balaban J connectivity index is 1.54. The van der Waals surface area contributed by atoms with Crippen molar-refractivity contribution in [1.29, 1.82) is 0 Å². The van der Waals surface area contributed by atoms with E-state index in [9.17, 15) is 9.59 Å². The second kappa shape index (κ2) is 9.95. The molecule has 1 saturated heterocycles. The molecule has 0 saturated carbocycles. The lowest BCUT2D eigenvalue weighted by Gasteiger charge is -2.44. The maximum atomic E-state index is 13.7. The lowest BCUT2D eigenvalue weighted by Crippen LogP contribution is -2.54. The van der Waals surface area contributed by atoms with Gasteiger partial charge in [-0.1, -0.05) is 42.3 Å². The fourth-order valence-electron chi connectivity index (χ4n) is 5.02. The van der Waals surface area contributed by atoms with Crippen molar-refractivity contribution in [3.05, 3.63) is 64.7 Å². The van der Waals surface area contributed by atoms with Crippen LogP contribution in [0.15, 0.2) is 48.5 Å². The Morgan fingerprint density at radius 1 is 1.03 bits per heavy atom. The maximum Gasteiger partial charge on any atom is 0.253 e. The molecule has 4 rings (SSSR count). The number of fused-ring (bicyclic) bond motifs is 1. The average molecular weight is 455 g/mol. The number of nitrogens with zero attached hydrogens (tertiary/aromatic N) is 2. The van der Waals surface area contributed by atoms with Gasteiger partial charge in [-0.3, -0.25) is 9.59 Å². The number of amides is 2. The number of hydrogen-bond donors (Lipinski definition) is 0. The molecule has 6 heteroatoms. The minimum Gasteiger partial charge on any atom is -0.491 e. The van der Waals surface area contributed by atoms with Gasteiger partial charge in [0, 0.05) is 30.7 Å². The molecule has 1 spiro atoms. The molecule has 0 N–H and O–H groups in total. The van der Waals surface area contributed by atoms with Gasteiger partial charge in [-0.05, 0) is 61.9 Å². The smallest absolute Gasteiger partial charge is 0.253 e. The van der Waals surface area contributed by atoms with Gasteiger partial charge in [-0.2, -0.15) is 0 Å². The van der Waals surface area contributed by atoms with E-state index in [2.05, 4.69) is 6.07 Å². The third-order valence-corrected chi connectivity index (χ3v) is 6.98. The SMILES string of the molecule is CN1CCOc2ccccc2CCCCC2(CCCN(C(=O)c3cccc(Cl)c3)C2)C1=O. The van der Waals surface area contributed by atoms with Crippen LogP contribution < -0.4 is 4.74 Å². The van der Waals surface area contributed by atoms with E-state index in [1.165, 1.54) is 5.56 Å². The number of aryl methyl sites for hydroxylation is 1. The Hall–Kier alpha value is -2.53. The van der Waals surface area contributed by atoms with Gasteiger partial charge in [-0.25, -0.2) is 0 Å². The van der Waals surface area contributed by atoms with Gasteiger partial charge in [0.25, 0.3) is 5.91 Å². The molecule has 2 aliphatic heterocycles. The molecule has 1 atom stereocenters. The Morgan fingerprint density at radius 3 is 2.69 bits per heavy atom. The Kier molecular flexibility index (Phi) is 7.04. The summed E-state index contributed by atoms with van der Waals surface area (Å²) in [4.78, 5) is 30.5. The van der Waals surface area contributed by atoms with Crippen LogP contribution in [0.1, 0.15) is 48.0 Å². The average Bonchev–Trinajstić information content (AvgIpc) is 2.81. The van der Waals surface area contributed by atoms with Crippen LogP contribution in [0.25, 0.3) is 0 Å². The molecule has 1 fully saturated rings. The van der Waals surface area contributed by atoms with Crippen molar-refractivity contribution in [2.24, 2.45) is 5.41 Å². The quantitative estimate of drug-likeness (QED) is 0.620. The first-order valence-corrected chi connectivity index (χ1v) is 11.9. The topological polar surface area (TPSA) is 49.9 Å². The van der Waals surface area contributed by atoms with Crippen LogP contribution in [0.2, 0.25) is 5.02 Å². The summed E-state index contributed by atoms with van der Waals surface area (Å²) in [5, 5.41) is 0.546. The van der Waals surface area contributed by atoms with Crippen molar-refractivity contribution in [3.8, 4) is 5.75 Å². The highest BCUT2D eigenvalue weighted by Gasteiger charge is 2.44. The van der Waals surface area contributed by atoms with E-state index in [0.717, 1.165) is 44.3 Å². The largest absolute Gasteiger partial charge is 0.491 e. The minimum absolute atomic E-state index is 0.0506. The zero-order chi connectivity index (χ0) is 22.6. The van der Waals surface area contributed by atoms with E-state index < -0.39 is 5.41 Å². The number of rotatable bonds is 1. The fraction of sp³-hybridized carbons (Fsp3) is 0.462. The minimum atomic E-state index is -0.542. The molecular weight excluding hydrogens is 424 g/mol. The van der Waals surface area contributed by atoms with Crippen molar-refractivity contribution in [3.63, 3.8) is 0 Å². The van der Waals surface area contributed by atoms with Crippen LogP contribution in [0.5, 0.6) is 5.75 Å². The Morgan fingerprint density at radius 2 is 1.84 bits per heavy atom. The number of halogens is 1. The third kappa shape index (κ3) is 4.93. The lowest BCUT2D eigenvalue weighted by atomic mass is 9.74. The van der Waals surface area contributed by atoms with Crippen molar-refractivity contribution in [2.45, 2.75) is 38.5 Å². The summed E-state index contributed by atoms with van der Waals surface area (Å²) < 4.78 is 6.01. The molecule has 2 aromatic carbocycles. The number of likely N-dealkylation sites (N-methyl/N-ethyl adjacent to an activating group) is 1. The highest BCUT2D eigenvalue weighted by molar-refractivity contribution is 6.30. The molecule has 0 aliphatic carbocycles.